The summed E-state index contributed by atoms with van der Waals surface area (Å²) >= 11 is 0. The summed E-state index contributed by atoms with van der Waals surface area (Å²) in [5.41, 5.74) is 0. The van der Waals surface area contributed by atoms with E-state index >= 15 is 0 Å². The monoisotopic (exact) mass is 280 g/mol. The van der Waals surface area contributed by atoms with Gasteiger partial charge < -0.3 is 44.0 Å². The van der Waals surface area contributed by atoms with Crippen LogP contribution >= 0.6 is 15.6 Å². The Hall–Kier alpha value is -0.0800. The molecule has 104 valence electrons. The van der Waals surface area contributed by atoms with Crippen LogP contribution in [-0.4, -0.2) is 5.48 Å². The normalized spacial score (nSPS) is 8.94. The predicted molar refractivity (Wildman–Crippen MR) is 46.0 cm³/mol. The first-order valence-electron chi connectivity index (χ1n) is 2.98. The minimum absolute atomic E-state index is 0. The van der Waals surface area contributed by atoms with Gasteiger partial charge in [-0.3, -0.25) is 0 Å². The van der Waals surface area contributed by atoms with Crippen molar-refractivity contribution in [3.05, 3.63) is 12.7 Å². The molecule has 0 aliphatic rings. The van der Waals surface area contributed by atoms with Gasteiger partial charge in [-0.1, -0.05) is 20.4 Å². The Morgan fingerprint density at radius 1 is 1.00 bits per heavy atom. The zero-order chi connectivity index (χ0) is 12.4. The van der Waals surface area contributed by atoms with Crippen LogP contribution in [0.5, 0.6) is 0 Å². The van der Waals surface area contributed by atoms with Crippen molar-refractivity contribution >= 4 is 15.6 Å². The zero-order valence-electron chi connectivity index (χ0n) is 7.65. The van der Waals surface area contributed by atoms with Gasteiger partial charge in [0.25, 0.3) is 0 Å². The van der Waals surface area contributed by atoms with Crippen LogP contribution in [0.4, 0.5) is 0 Å². The van der Waals surface area contributed by atoms with E-state index in [9.17, 15) is 0 Å². The standard InChI is InChI=1S/C4H8.CH4.2H3O4P.H2O/c1-3-4-2;;2*1-5(2,3)4;/h3H,1,4H2,2H3;1H4;2*(H3,1,2,3,4);1H2/p-6. The van der Waals surface area contributed by atoms with E-state index in [4.69, 9.17) is 38.5 Å². The molecule has 0 aliphatic heterocycles. The lowest BCUT2D eigenvalue weighted by Gasteiger charge is -2.36. The molecule has 0 fully saturated rings. The van der Waals surface area contributed by atoms with E-state index in [2.05, 4.69) is 13.5 Å². The molecule has 0 rings (SSSR count). The van der Waals surface area contributed by atoms with Crippen LogP contribution in [0, 0.1) is 0 Å². The van der Waals surface area contributed by atoms with Crippen LogP contribution < -0.4 is 29.4 Å². The van der Waals surface area contributed by atoms with Gasteiger partial charge in [-0.05, 0) is 6.42 Å². The Kier molecular flexibility index (Phi) is 27.7. The molecule has 11 heteroatoms. The van der Waals surface area contributed by atoms with Crippen LogP contribution in [0.3, 0.4) is 0 Å². The predicted octanol–water partition coefficient (Wildman–Crippen LogP) is -4.26. The summed E-state index contributed by atoms with van der Waals surface area (Å²) in [6.07, 6.45) is 2.96. The van der Waals surface area contributed by atoms with Gasteiger partial charge in [0.1, 0.15) is 0 Å². The molecule has 9 nitrogen and oxygen atoms in total. The van der Waals surface area contributed by atoms with Gasteiger partial charge in [0, 0.05) is 0 Å². The van der Waals surface area contributed by atoms with Crippen LogP contribution in [0.25, 0.3) is 0 Å². The molecule has 16 heavy (non-hydrogen) atoms. The van der Waals surface area contributed by atoms with Gasteiger partial charge in [-0.2, -0.15) is 15.6 Å². The third-order valence-electron chi connectivity index (χ3n) is 0.289. The zero-order valence-corrected chi connectivity index (χ0v) is 9.44. The Morgan fingerprint density at radius 3 is 1.06 bits per heavy atom. The van der Waals surface area contributed by atoms with Crippen LogP contribution in [-0.2, 0) is 9.13 Å². The second kappa shape index (κ2) is 14.9. The average molecular weight is 280 g/mol. The molecule has 0 aliphatic carbocycles. The van der Waals surface area contributed by atoms with Crippen LogP contribution in [0.2, 0.25) is 0 Å². The average Bonchev–Trinajstić information content (AvgIpc) is 1.79. The van der Waals surface area contributed by atoms with Gasteiger partial charge >= 0.3 is 0 Å². The van der Waals surface area contributed by atoms with E-state index in [1.165, 1.54) is 0 Å². The van der Waals surface area contributed by atoms with Crippen molar-refractivity contribution in [2.45, 2.75) is 20.8 Å². The highest BCUT2D eigenvalue weighted by Crippen LogP contribution is 2.03. The van der Waals surface area contributed by atoms with E-state index in [0.717, 1.165) is 6.42 Å². The quantitative estimate of drug-likeness (QED) is 0.338. The molecule has 0 saturated heterocycles. The molecule has 0 bridgehead atoms. The second-order valence-electron chi connectivity index (χ2n) is 1.59. The summed E-state index contributed by atoms with van der Waals surface area (Å²) < 4.78 is 17.1. The summed E-state index contributed by atoms with van der Waals surface area (Å²) in [7, 11) is -10.8. The second-order valence-corrected chi connectivity index (χ2v) is 3.38. The molecule has 0 atom stereocenters. The molecule has 0 aromatic carbocycles. The number of phosphoric acid groups is 2. The molecular formula is C5H14O9P2-6. The maximum atomic E-state index is 8.55. The third kappa shape index (κ3) is 2750. The maximum absolute atomic E-state index is 8.55. The lowest BCUT2D eigenvalue weighted by molar-refractivity contribution is -0.434. The van der Waals surface area contributed by atoms with E-state index in [1.807, 2.05) is 6.08 Å². The molecule has 0 spiro atoms. The number of allylic oxidation sites excluding steroid dienone is 1. The first-order valence-corrected chi connectivity index (χ1v) is 5.91. The Morgan fingerprint density at radius 2 is 1.06 bits per heavy atom. The molecule has 0 saturated carbocycles. The van der Waals surface area contributed by atoms with Crippen molar-refractivity contribution in [2.24, 2.45) is 0 Å². The molecule has 0 aromatic rings. The highest BCUT2D eigenvalue weighted by atomic mass is 31.2. The van der Waals surface area contributed by atoms with Crippen molar-refractivity contribution < 1.29 is 44.0 Å². The number of hydrogen-bond acceptors (Lipinski definition) is 8. The SMILES string of the molecule is C.C=CCC.O.O=P([O-])([O-])[O-].O=P([O-])([O-])[O-]. The molecule has 0 unspecified atom stereocenters. The Bertz CT molecular complexity index is 179. The molecular weight excluding hydrogens is 266 g/mol. The summed E-state index contributed by atoms with van der Waals surface area (Å²) in [5, 5.41) is 0. The fraction of sp³-hybridized carbons (Fsp3) is 0.600. The van der Waals surface area contributed by atoms with Crippen molar-refractivity contribution in [3.8, 4) is 0 Å². The van der Waals surface area contributed by atoms with E-state index in [0.29, 0.717) is 0 Å². The lowest BCUT2D eigenvalue weighted by atomic mass is 10.5. The third-order valence-corrected chi connectivity index (χ3v) is 0.289. The van der Waals surface area contributed by atoms with E-state index in [-0.39, 0.29) is 12.9 Å². The molecule has 0 aromatic heterocycles. The van der Waals surface area contributed by atoms with Crippen LogP contribution in [0.15, 0.2) is 12.7 Å². The van der Waals surface area contributed by atoms with E-state index in [1.54, 1.807) is 0 Å². The van der Waals surface area contributed by atoms with Gasteiger partial charge in [-0.25, -0.2) is 0 Å². The molecule has 0 heterocycles. The number of hydrogen-bond donors (Lipinski definition) is 0. The van der Waals surface area contributed by atoms with E-state index < -0.39 is 15.6 Å². The minimum Gasteiger partial charge on any atom is -0.822 e. The number of rotatable bonds is 1. The smallest absolute Gasteiger partial charge is 0.0382 e. The van der Waals surface area contributed by atoms with Crippen molar-refractivity contribution in [3.63, 3.8) is 0 Å². The van der Waals surface area contributed by atoms with Gasteiger partial charge in [0.2, 0.25) is 0 Å². The molecule has 0 amide bonds. The van der Waals surface area contributed by atoms with Gasteiger partial charge in [-0.15, -0.1) is 6.58 Å². The first-order chi connectivity index (χ1) is 5.91. The van der Waals surface area contributed by atoms with Crippen molar-refractivity contribution in [1.82, 2.24) is 0 Å². The Balaban J connectivity index is -0.0000000358. The highest BCUT2D eigenvalue weighted by Gasteiger charge is 1.45. The first kappa shape index (κ1) is 29.7. The van der Waals surface area contributed by atoms with Crippen LogP contribution in [0.1, 0.15) is 20.8 Å². The minimum atomic E-state index is -5.39. The fourth-order valence-corrected chi connectivity index (χ4v) is 0. The lowest BCUT2D eigenvalue weighted by Crippen LogP contribution is -2.24. The van der Waals surface area contributed by atoms with Gasteiger partial charge in [0.05, 0.1) is 0 Å². The fourth-order valence-electron chi connectivity index (χ4n) is 0. The summed E-state index contributed by atoms with van der Waals surface area (Å²) in [6, 6.07) is 0. The largest absolute Gasteiger partial charge is 0.822 e. The van der Waals surface area contributed by atoms with Crippen molar-refractivity contribution in [2.75, 3.05) is 0 Å². The highest BCUT2D eigenvalue weighted by molar-refractivity contribution is 7.40. The summed E-state index contributed by atoms with van der Waals surface area (Å²) in [5.74, 6) is 0. The molecule has 0 radical (unpaired) electrons. The summed E-state index contributed by atoms with van der Waals surface area (Å²) in [4.78, 5) is 51.3. The molecule has 2 N–H and O–H groups in total. The van der Waals surface area contributed by atoms with Crippen molar-refractivity contribution in [1.29, 1.82) is 0 Å². The maximum Gasteiger partial charge on any atom is -0.0382 e. The van der Waals surface area contributed by atoms with Gasteiger partial charge in [0.15, 0.2) is 0 Å². The Labute approximate surface area is 93.9 Å². The topological polar surface area (TPSA) is 204 Å². The summed E-state index contributed by atoms with van der Waals surface area (Å²) in [6.45, 7) is 5.54.